The van der Waals surface area contributed by atoms with Gasteiger partial charge in [-0.05, 0) is 13.3 Å². The van der Waals surface area contributed by atoms with Crippen LogP contribution >= 0.6 is 7.82 Å². The van der Waals surface area contributed by atoms with Crippen LogP contribution in [-0.4, -0.2) is 60.2 Å². The molecule has 0 aliphatic carbocycles. The first kappa shape index (κ1) is 22.0. The average molecular weight is 408 g/mol. The molecular weight excluding hydrogens is 383 g/mol. The molecule has 154 valence electrons. The van der Waals surface area contributed by atoms with Crippen LogP contribution in [0.5, 0.6) is 0 Å². The zero-order valence-electron chi connectivity index (χ0n) is 15.6. The van der Waals surface area contributed by atoms with Gasteiger partial charge in [0.1, 0.15) is 12.2 Å². The lowest BCUT2D eigenvalue weighted by Gasteiger charge is -2.26. The average Bonchev–Trinajstić information content (AvgIpc) is 2.95. The van der Waals surface area contributed by atoms with Gasteiger partial charge >= 0.3 is 13.5 Å². The third kappa shape index (κ3) is 5.14. The fraction of sp³-hybridized carbons (Fsp3) is 0.733. The lowest BCUT2D eigenvalue weighted by molar-refractivity contribution is -0.0794. The third-order valence-corrected chi connectivity index (χ3v) is 5.16. The lowest BCUT2D eigenvalue weighted by Crippen LogP contribution is -2.41. The molecule has 0 amide bonds. The molecule has 1 aliphatic heterocycles. The largest absolute Gasteiger partial charge is 0.472 e. The van der Waals surface area contributed by atoms with Gasteiger partial charge in [0.05, 0.1) is 19.3 Å². The molecule has 1 saturated heterocycles. The maximum atomic E-state index is 12.3. The SMILES string of the molecule is CC[C@H]1O[C@@H](n2cc(C)c(=O)[nH]c2=O)C(OCCOC)[C@H]1OP(=O)(O)OC. The molecule has 0 aromatic carbocycles. The Hall–Kier alpha value is -1.33. The van der Waals surface area contributed by atoms with Crippen LogP contribution in [0.15, 0.2) is 15.8 Å². The Bertz CT molecular complexity index is 792. The van der Waals surface area contributed by atoms with Crippen LogP contribution < -0.4 is 11.2 Å². The van der Waals surface area contributed by atoms with Crippen LogP contribution in [0, 0.1) is 6.92 Å². The Morgan fingerprint density at radius 3 is 2.59 bits per heavy atom. The van der Waals surface area contributed by atoms with Crippen molar-refractivity contribution in [1.82, 2.24) is 9.55 Å². The standard InChI is InChI=1S/C15H25N2O9P/c1-5-10-11(26-27(20,21)23-4)12(24-7-6-22-3)14(25-10)17-8-9(2)13(18)16-15(17)19/h8,10-12,14H,5-7H2,1-4H3,(H,20,21)(H,16,18,19)/t10-,11+,12?,14-/m1/s1. The molecule has 0 saturated carbocycles. The van der Waals surface area contributed by atoms with Crippen molar-refractivity contribution in [2.75, 3.05) is 27.4 Å². The topological polar surface area (TPSA) is 138 Å². The van der Waals surface area contributed by atoms with Gasteiger partial charge in [0, 0.05) is 26.0 Å². The number of nitrogens with one attached hydrogen (secondary N) is 1. The van der Waals surface area contributed by atoms with Crippen molar-refractivity contribution >= 4 is 7.82 Å². The Morgan fingerprint density at radius 2 is 2.00 bits per heavy atom. The number of ether oxygens (including phenoxy) is 3. The number of hydrogen-bond acceptors (Lipinski definition) is 8. The molecule has 1 aromatic rings. The Morgan fingerprint density at radius 1 is 1.30 bits per heavy atom. The second-order valence-corrected chi connectivity index (χ2v) is 7.51. The van der Waals surface area contributed by atoms with Crippen LogP contribution in [0.1, 0.15) is 25.1 Å². The number of nitrogens with zero attached hydrogens (tertiary/aromatic N) is 1. The summed E-state index contributed by atoms with van der Waals surface area (Å²) in [5.74, 6) is 0. The van der Waals surface area contributed by atoms with E-state index in [0.29, 0.717) is 12.0 Å². The number of aryl methyl sites for hydroxylation is 1. The van der Waals surface area contributed by atoms with Crippen molar-refractivity contribution in [2.45, 2.75) is 44.8 Å². The van der Waals surface area contributed by atoms with Crippen molar-refractivity contribution in [3.05, 3.63) is 32.6 Å². The molecule has 1 aliphatic rings. The molecule has 0 radical (unpaired) electrons. The zero-order valence-corrected chi connectivity index (χ0v) is 16.5. The van der Waals surface area contributed by atoms with E-state index in [9.17, 15) is 19.0 Å². The van der Waals surface area contributed by atoms with Gasteiger partial charge < -0.3 is 19.1 Å². The predicted molar refractivity (Wildman–Crippen MR) is 93.6 cm³/mol. The fourth-order valence-electron chi connectivity index (χ4n) is 2.80. The van der Waals surface area contributed by atoms with Crippen LogP contribution in [0.4, 0.5) is 0 Å². The second-order valence-electron chi connectivity index (χ2n) is 6.00. The molecule has 1 fully saturated rings. The van der Waals surface area contributed by atoms with Crippen molar-refractivity contribution < 1.29 is 32.7 Å². The van der Waals surface area contributed by atoms with Gasteiger partial charge in [-0.15, -0.1) is 0 Å². The van der Waals surface area contributed by atoms with E-state index in [4.69, 9.17) is 18.7 Å². The number of phosphoric acid groups is 1. The molecule has 5 atom stereocenters. The van der Waals surface area contributed by atoms with Gasteiger partial charge in [-0.25, -0.2) is 9.36 Å². The first-order chi connectivity index (χ1) is 12.7. The van der Waals surface area contributed by atoms with Crippen LogP contribution in [0.2, 0.25) is 0 Å². The Balaban J connectivity index is 2.42. The lowest BCUT2D eigenvalue weighted by atomic mass is 10.1. The van der Waals surface area contributed by atoms with Gasteiger partial charge in [0.25, 0.3) is 5.56 Å². The molecule has 0 bridgehead atoms. The number of aromatic nitrogens is 2. The summed E-state index contributed by atoms with van der Waals surface area (Å²) in [6.07, 6.45) is -1.74. The van der Waals surface area contributed by atoms with E-state index in [1.807, 2.05) is 0 Å². The molecule has 27 heavy (non-hydrogen) atoms. The monoisotopic (exact) mass is 408 g/mol. The number of phosphoric ester groups is 1. The summed E-state index contributed by atoms with van der Waals surface area (Å²) >= 11 is 0. The van der Waals surface area contributed by atoms with Crippen molar-refractivity contribution in [1.29, 1.82) is 0 Å². The minimum atomic E-state index is -4.33. The van der Waals surface area contributed by atoms with Crippen molar-refractivity contribution in [3.8, 4) is 0 Å². The van der Waals surface area contributed by atoms with Crippen LogP contribution in [-0.2, 0) is 27.8 Å². The van der Waals surface area contributed by atoms with Gasteiger partial charge in [-0.1, -0.05) is 6.92 Å². The van der Waals surface area contributed by atoms with E-state index in [0.717, 1.165) is 7.11 Å². The summed E-state index contributed by atoms with van der Waals surface area (Å²) in [6, 6.07) is 0. The van der Waals surface area contributed by atoms with Gasteiger partial charge in [-0.2, -0.15) is 0 Å². The molecule has 0 spiro atoms. The summed E-state index contributed by atoms with van der Waals surface area (Å²) in [5.41, 5.74) is -0.897. The smallest absolute Gasteiger partial charge is 0.382 e. The molecule has 1 aromatic heterocycles. The van der Waals surface area contributed by atoms with E-state index >= 15 is 0 Å². The van der Waals surface area contributed by atoms with E-state index in [-0.39, 0.29) is 13.2 Å². The van der Waals surface area contributed by atoms with Gasteiger partial charge in [0.15, 0.2) is 6.23 Å². The van der Waals surface area contributed by atoms with Crippen molar-refractivity contribution in [2.24, 2.45) is 0 Å². The molecule has 2 unspecified atom stereocenters. The minimum Gasteiger partial charge on any atom is -0.382 e. The predicted octanol–water partition coefficient (Wildman–Crippen LogP) is 0.316. The number of aromatic amines is 1. The fourth-order valence-corrected chi connectivity index (χ4v) is 3.45. The van der Waals surface area contributed by atoms with Crippen molar-refractivity contribution in [3.63, 3.8) is 0 Å². The highest BCUT2D eigenvalue weighted by Crippen LogP contribution is 2.48. The highest BCUT2D eigenvalue weighted by molar-refractivity contribution is 7.47. The zero-order chi connectivity index (χ0) is 20.2. The maximum absolute atomic E-state index is 12.3. The van der Waals surface area contributed by atoms with E-state index in [2.05, 4.69) is 9.51 Å². The first-order valence-corrected chi connectivity index (χ1v) is 9.88. The summed E-state index contributed by atoms with van der Waals surface area (Å²) in [6.45, 7) is 3.73. The minimum absolute atomic E-state index is 0.136. The molecule has 12 heteroatoms. The highest BCUT2D eigenvalue weighted by atomic mass is 31.2. The Kier molecular flexibility index (Phi) is 7.52. The number of rotatable bonds is 9. The summed E-state index contributed by atoms with van der Waals surface area (Å²) < 4.78 is 39.5. The van der Waals surface area contributed by atoms with Crippen LogP contribution in [0.25, 0.3) is 0 Å². The maximum Gasteiger partial charge on any atom is 0.472 e. The van der Waals surface area contributed by atoms with E-state index < -0.39 is 43.6 Å². The van der Waals surface area contributed by atoms with Gasteiger partial charge in [0.2, 0.25) is 0 Å². The van der Waals surface area contributed by atoms with Gasteiger partial charge in [-0.3, -0.25) is 23.4 Å². The Labute approximate surface area is 155 Å². The number of H-pyrrole nitrogens is 1. The first-order valence-electron chi connectivity index (χ1n) is 8.39. The van der Waals surface area contributed by atoms with E-state index in [1.165, 1.54) is 17.9 Å². The quantitative estimate of drug-likeness (QED) is 0.437. The highest BCUT2D eigenvalue weighted by Gasteiger charge is 2.49. The second kappa shape index (κ2) is 9.24. The molecule has 2 rings (SSSR count). The normalized spacial score (nSPS) is 27.6. The summed E-state index contributed by atoms with van der Waals surface area (Å²) in [4.78, 5) is 35.9. The number of methoxy groups -OCH3 is 1. The van der Waals surface area contributed by atoms with Crippen LogP contribution in [0.3, 0.4) is 0 Å². The van der Waals surface area contributed by atoms with E-state index in [1.54, 1.807) is 13.8 Å². The molecular formula is C15H25N2O9P. The summed E-state index contributed by atoms with van der Waals surface area (Å²) in [5, 5.41) is 0. The molecule has 2 heterocycles. The third-order valence-electron chi connectivity index (χ3n) is 4.19. The number of hydrogen-bond donors (Lipinski definition) is 2. The molecule has 2 N–H and O–H groups in total. The molecule has 11 nitrogen and oxygen atoms in total. The summed E-state index contributed by atoms with van der Waals surface area (Å²) in [7, 11) is -1.79.